The van der Waals surface area contributed by atoms with Crippen molar-refractivity contribution in [3.05, 3.63) is 29.8 Å². The Bertz CT molecular complexity index is 447. The maximum absolute atomic E-state index is 5.77. The van der Waals surface area contributed by atoms with Crippen LogP contribution in [0.25, 0.3) is 0 Å². The van der Waals surface area contributed by atoms with Gasteiger partial charge < -0.3 is 14.5 Å². The zero-order valence-electron chi connectivity index (χ0n) is 15.7. The van der Waals surface area contributed by atoms with Gasteiger partial charge in [-0.15, -0.1) is 0 Å². The highest BCUT2D eigenvalue weighted by molar-refractivity contribution is 5.29. The molecule has 2 rings (SSSR count). The van der Waals surface area contributed by atoms with Crippen LogP contribution in [0.3, 0.4) is 0 Å². The van der Waals surface area contributed by atoms with E-state index >= 15 is 0 Å². The molecular weight excluding hydrogens is 284 g/mol. The van der Waals surface area contributed by atoms with Gasteiger partial charge in [-0.3, -0.25) is 0 Å². The predicted molar refractivity (Wildman–Crippen MR) is 96.6 cm³/mol. The summed E-state index contributed by atoms with van der Waals surface area (Å²) in [4.78, 5) is 3.48. The molecule has 0 saturated carbocycles. The summed E-state index contributed by atoms with van der Waals surface area (Å²) >= 11 is 0. The Hall–Kier alpha value is -1.06. The number of piperazine rings is 1. The number of hydrogen-bond acceptors (Lipinski definition) is 1. The van der Waals surface area contributed by atoms with E-state index in [1.807, 2.05) is 0 Å². The third-order valence-electron chi connectivity index (χ3n) is 5.10. The number of likely N-dealkylation sites (N-methyl/N-ethyl adjacent to an activating group) is 1. The number of rotatable bonds is 7. The first-order valence-corrected chi connectivity index (χ1v) is 9.37. The summed E-state index contributed by atoms with van der Waals surface area (Å²) in [7, 11) is 2.31. The fraction of sp³-hybridized carbons (Fsp3) is 0.700. The molecule has 3 nitrogen and oxygen atoms in total. The van der Waals surface area contributed by atoms with Gasteiger partial charge in [-0.25, -0.2) is 0 Å². The van der Waals surface area contributed by atoms with E-state index in [4.69, 9.17) is 4.74 Å². The lowest BCUT2D eigenvalue weighted by Crippen LogP contribution is -3.27. The zero-order valence-corrected chi connectivity index (χ0v) is 15.7. The normalized spacial score (nSPS) is 23.3. The van der Waals surface area contributed by atoms with Gasteiger partial charge in [0.1, 0.15) is 31.9 Å². The van der Waals surface area contributed by atoms with E-state index in [9.17, 15) is 0 Å². The van der Waals surface area contributed by atoms with Crippen LogP contribution in [0.1, 0.15) is 45.6 Å². The first-order chi connectivity index (χ1) is 11.0. The van der Waals surface area contributed by atoms with Crippen molar-refractivity contribution in [2.24, 2.45) is 5.92 Å². The molecule has 23 heavy (non-hydrogen) atoms. The Kier molecular flexibility index (Phi) is 6.91. The Morgan fingerprint density at radius 1 is 0.957 bits per heavy atom. The van der Waals surface area contributed by atoms with Gasteiger partial charge in [0.2, 0.25) is 0 Å². The van der Waals surface area contributed by atoms with E-state index in [-0.39, 0.29) is 6.10 Å². The van der Waals surface area contributed by atoms with Gasteiger partial charge in [-0.05, 0) is 43.4 Å². The maximum atomic E-state index is 5.77. The van der Waals surface area contributed by atoms with Gasteiger partial charge in [0.25, 0.3) is 0 Å². The Morgan fingerprint density at radius 3 is 2.09 bits per heavy atom. The van der Waals surface area contributed by atoms with Crippen molar-refractivity contribution in [1.82, 2.24) is 0 Å². The van der Waals surface area contributed by atoms with Crippen molar-refractivity contribution in [1.29, 1.82) is 0 Å². The summed E-state index contributed by atoms with van der Waals surface area (Å²) in [6, 6.07) is 8.81. The molecule has 1 heterocycles. The van der Waals surface area contributed by atoms with E-state index in [1.54, 1.807) is 9.80 Å². The lowest BCUT2D eigenvalue weighted by atomic mass is 9.85. The number of ether oxygens (including phenoxy) is 1. The summed E-state index contributed by atoms with van der Waals surface area (Å²) < 4.78 is 5.77. The van der Waals surface area contributed by atoms with Crippen molar-refractivity contribution in [2.75, 3.05) is 39.8 Å². The predicted octanol–water partition coefficient (Wildman–Crippen LogP) is 1.02. The van der Waals surface area contributed by atoms with Gasteiger partial charge in [0.05, 0.1) is 19.7 Å². The molecule has 2 N–H and O–H groups in total. The van der Waals surface area contributed by atoms with Crippen molar-refractivity contribution >= 4 is 0 Å². The molecule has 0 spiro atoms. The fourth-order valence-corrected chi connectivity index (χ4v) is 3.59. The van der Waals surface area contributed by atoms with Crippen LogP contribution in [-0.4, -0.2) is 45.9 Å². The molecule has 3 heteroatoms. The van der Waals surface area contributed by atoms with Gasteiger partial charge in [0, 0.05) is 6.42 Å². The monoisotopic (exact) mass is 320 g/mol. The number of hydrogen-bond donors (Lipinski definition) is 2. The van der Waals surface area contributed by atoms with Crippen LogP contribution >= 0.6 is 0 Å². The van der Waals surface area contributed by atoms with Crippen LogP contribution in [0.2, 0.25) is 0 Å². The minimum atomic E-state index is 0.240. The quantitative estimate of drug-likeness (QED) is 0.768. The summed E-state index contributed by atoms with van der Waals surface area (Å²) in [5.74, 6) is 2.32. The molecule has 0 aliphatic carbocycles. The number of nitrogens with one attached hydrogen (secondary N) is 2. The third-order valence-corrected chi connectivity index (χ3v) is 5.10. The maximum Gasteiger partial charge on any atom is 0.127 e. The highest BCUT2D eigenvalue weighted by atomic mass is 16.5. The van der Waals surface area contributed by atoms with Crippen LogP contribution in [0.15, 0.2) is 24.3 Å². The smallest absolute Gasteiger partial charge is 0.127 e. The average Bonchev–Trinajstić information content (AvgIpc) is 2.50. The molecule has 1 fully saturated rings. The van der Waals surface area contributed by atoms with E-state index in [0.717, 1.165) is 5.75 Å². The molecule has 1 saturated heterocycles. The molecule has 1 atom stereocenters. The standard InChI is InChI=1S/C20H34N2O/c1-16(2)20(10-11-22-14-12-21(5)13-15-22)18-6-8-19(9-7-18)23-17(3)4/h6-9,16-17,20H,10-15H2,1-5H3/p+2/t20-/m0/s1. The highest BCUT2D eigenvalue weighted by Gasteiger charge is 2.23. The lowest BCUT2D eigenvalue weighted by Gasteiger charge is -2.29. The molecule has 0 unspecified atom stereocenters. The fourth-order valence-electron chi connectivity index (χ4n) is 3.59. The molecule has 0 bridgehead atoms. The highest BCUT2D eigenvalue weighted by Crippen LogP contribution is 2.28. The topological polar surface area (TPSA) is 18.1 Å². The van der Waals surface area contributed by atoms with Crippen LogP contribution in [-0.2, 0) is 0 Å². The molecule has 1 aliphatic rings. The average molecular weight is 321 g/mol. The molecular formula is C20H36N2O+2. The summed E-state index contributed by atoms with van der Waals surface area (Å²) in [6.07, 6.45) is 1.53. The van der Waals surface area contributed by atoms with Gasteiger partial charge in [0.15, 0.2) is 0 Å². The van der Waals surface area contributed by atoms with Gasteiger partial charge in [-0.2, -0.15) is 0 Å². The van der Waals surface area contributed by atoms with E-state index in [0.29, 0.717) is 11.8 Å². The van der Waals surface area contributed by atoms with Gasteiger partial charge >= 0.3 is 0 Å². The van der Waals surface area contributed by atoms with E-state index < -0.39 is 0 Å². The second kappa shape index (κ2) is 8.70. The van der Waals surface area contributed by atoms with Crippen LogP contribution < -0.4 is 14.5 Å². The third kappa shape index (κ3) is 5.82. The molecule has 1 aromatic carbocycles. The summed E-state index contributed by atoms with van der Waals surface area (Å²) in [5, 5.41) is 0. The second-order valence-corrected chi connectivity index (χ2v) is 7.83. The van der Waals surface area contributed by atoms with Crippen LogP contribution in [0, 0.1) is 5.92 Å². The Balaban J connectivity index is 1.92. The zero-order chi connectivity index (χ0) is 16.8. The Morgan fingerprint density at radius 2 is 1.57 bits per heavy atom. The molecule has 0 radical (unpaired) electrons. The first kappa shape index (κ1) is 18.3. The SMILES string of the molecule is CC(C)Oc1ccc([C@@H](CC[NH+]2CC[NH+](C)CC2)C(C)C)cc1. The summed E-state index contributed by atoms with van der Waals surface area (Å²) in [6.45, 7) is 15.5. The molecule has 0 amide bonds. The minimum Gasteiger partial charge on any atom is -0.491 e. The van der Waals surface area contributed by atoms with Gasteiger partial charge in [-0.1, -0.05) is 26.0 Å². The second-order valence-electron chi connectivity index (χ2n) is 7.83. The Labute approximate surface area is 142 Å². The van der Waals surface area contributed by atoms with Crippen LogP contribution in [0.4, 0.5) is 0 Å². The number of quaternary nitrogens is 2. The van der Waals surface area contributed by atoms with E-state index in [2.05, 4.69) is 59.0 Å². The summed E-state index contributed by atoms with van der Waals surface area (Å²) in [5.41, 5.74) is 1.47. The van der Waals surface area contributed by atoms with E-state index in [1.165, 1.54) is 44.7 Å². The van der Waals surface area contributed by atoms with Crippen molar-refractivity contribution in [3.63, 3.8) is 0 Å². The number of benzene rings is 1. The molecule has 1 aromatic rings. The minimum absolute atomic E-state index is 0.240. The molecule has 130 valence electrons. The largest absolute Gasteiger partial charge is 0.491 e. The van der Waals surface area contributed by atoms with Crippen molar-refractivity contribution in [2.45, 2.75) is 46.1 Å². The first-order valence-electron chi connectivity index (χ1n) is 9.37. The van der Waals surface area contributed by atoms with Crippen molar-refractivity contribution < 1.29 is 14.5 Å². The lowest BCUT2D eigenvalue weighted by molar-refractivity contribution is -1.00. The van der Waals surface area contributed by atoms with Crippen molar-refractivity contribution in [3.8, 4) is 5.75 Å². The molecule has 1 aliphatic heterocycles. The van der Waals surface area contributed by atoms with Crippen LogP contribution in [0.5, 0.6) is 5.75 Å². The molecule has 0 aromatic heterocycles.